The maximum absolute atomic E-state index is 11.7. The Kier molecular flexibility index (Phi) is 4.83. The minimum atomic E-state index is -2.76. The molecule has 9 nitrogen and oxygen atoms in total. The Labute approximate surface area is 137 Å². The number of rotatable bonds is 6. The number of aromatic hydroxyl groups is 1. The average Bonchev–Trinajstić information content (AvgIpc) is 2.71. The van der Waals surface area contributed by atoms with Crippen LogP contribution in [0.1, 0.15) is 11.3 Å². The first-order chi connectivity index (χ1) is 11.1. The van der Waals surface area contributed by atoms with Gasteiger partial charge in [0.15, 0.2) is 0 Å². The standard InChI is InChI=1S/C15H21N3O6/c1-17(2)9-14(21,22)24-15(23,10-7-5-4-6-8-10)12-11(19)13(20)16-18(12)3/h4-8,19,21-23H,9H2,1-3H3,(H,16,20). The number of benzene rings is 1. The van der Waals surface area contributed by atoms with E-state index < -0.39 is 23.1 Å². The van der Waals surface area contributed by atoms with Gasteiger partial charge < -0.3 is 25.3 Å². The molecule has 9 heteroatoms. The first-order valence-corrected chi connectivity index (χ1v) is 7.13. The van der Waals surface area contributed by atoms with Gasteiger partial charge in [-0.05, 0) is 14.1 Å². The SMILES string of the molecule is CN(C)CC(O)(O)OC(O)(c1ccccc1)c1c(O)c(=O)[nH]n1C. The molecule has 132 valence electrons. The first kappa shape index (κ1) is 18.2. The van der Waals surface area contributed by atoms with Crippen molar-refractivity contribution in [3.63, 3.8) is 0 Å². The second-order valence-electron chi connectivity index (χ2n) is 5.79. The third-order valence-electron chi connectivity index (χ3n) is 3.36. The highest BCUT2D eigenvalue weighted by molar-refractivity contribution is 5.37. The molecule has 1 aromatic heterocycles. The van der Waals surface area contributed by atoms with Crippen LogP contribution in [-0.2, 0) is 17.6 Å². The number of aromatic nitrogens is 2. The van der Waals surface area contributed by atoms with E-state index in [1.54, 1.807) is 32.3 Å². The van der Waals surface area contributed by atoms with Crippen LogP contribution in [0.5, 0.6) is 5.75 Å². The van der Waals surface area contributed by atoms with Crippen molar-refractivity contribution in [2.75, 3.05) is 20.6 Å². The fourth-order valence-electron chi connectivity index (χ4n) is 2.50. The van der Waals surface area contributed by atoms with E-state index in [9.17, 15) is 25.2 Å². The number of aliphatic hydroxyl groups is 3. The second-order valence-corrected chi connectivity index (χ2v) is 5.79. The summed E-state index contributed by atoms with van der Waals surface area (Å²) in [6, 6.07) is 7.79. The van der Waals surface area contributed by atoms with Crippen LogP contribution in [0.25, 0.3) is 0 Å². The van der Waals surface area contributed by atoms with Gasteiger partial charge in [0, 0.05) is 12.6 Å². The summed E-state index contributed by atoms with van der Waals surface area (Å²) in [6.45, 7) is -0.360. The molecule has 0 fully saturated rings. The number of nitrogens with zero attached hydrogens (tertiary/aromatic N) is 2. The molecule has 0 saturated carbocycles. The molecule has 0 amide bonds. The average molecular weight is 339 g/mol. The maximum Gasteiger partial charge on any atom is 0.306 e. The third-order valence-corrected chi connectivity index (χ3v) is 3.36. The molecule has 0 bridgehead atoms. The van der Waals surface area contributed by atoms with Gasteiger partial charge in [0.25, 0.3) is 5.97 Å². The highest BCUT2D eigenvalue weighted by Gasteiger charge is 2.46. The van der Waals surface area contributed by atoms with E-state index in [1.807, 2.05) is 0 Å². The molecule has 0 radical (unpaired) electrons. The number of H-pyrrole nitrogens is 1. The van der Waals surface area contributed by atoms with Crippen molar-refractivity contribution in [2.45, 2.75) is 11.8 Å². The van der Waals surface area contributed by atoms with Gasteiger partial charge in [-0.2, -0.15) is 0 Å². The molecule has 2 rings (SSSR count). The summed E-state index contributed by atoms with van der Waals surface area (Å²) in [5, 5.41) is 43.5. The molecule has 0 spiro atoms. The van der Waals surface area contributed by atoms with E-state index in [1.165, 1.54) is 24.1 Å². The molecule has 24 heavy (non-hydrogen) atoms. The zero-order valence-electron chi connectivity index (χ0n) is 13.6. The van der Waals surface area contributed by atoms with Crippen molar-refractivity contribution < 1.29 is 25.2 Å². The quantitative estimate of drug-likeness (QED) is 0.419. The molecule has 0 aliphatic carbocycles. The largest absolute Gasteiger partial charge is 0.502 e. The smallest absolute Gasteiger partial charge is 0.306 e. The van der Waals surface area contributed by atoms with Crippen molar-refractivity contribution in [3.8, 4) is 5.75 Å². The monoisotopic (exact) mass is 339 g/mol. The number of ether oxygens (including phenoxy) is 1. The van der Waals surface area contributed by atoms with Gasteiger partial charge in [0.1, 0.15) is 5.69 Å². The zero-order valence-corrected chi connectivity index (χ0v) is 13.6. The highest BCUT2D eigenvalue weighted by Crippen LogP contribution is 2.36. The van der Waals surface area contributed by atoms with Crippen LogP contribution in [0, 0.1) is 0 Å². The summed E-state index contributed by atoms with van der Waals surface area (Å²) in [6.07, 6.45) is 0. The van der Waals surface area contributed by atoms with E-state index in [2.05, 4.69) is 5.10 Å². The van der Waals surface area contributed by atoms with Crippen LogP contribution < -0.4 is 5.56 Å². The Bertz CT molecular complexity index is 752. The Hall–Kier alpha value is -2.17. The van der Waals surface area contributed by atoms with Crippen LogP contribution in [0.3, 0.4) is 0 Å². The van der Waals surface area contributed by atoms with E-state index in [-0.39, 0.29) is 17.8 Å². The fourth-order valence-corrected chi connectivity index (χ4v) is 2.50. The molecule has 0 aliphatic rings. The molecule has 1 aromatic carbocycles. The maximum atomic E-state index is 11.7. The molecule has 2 aromatic rings. The molecule has 1 atom stereocenters. The van der Waals surface area contributed by atoms with Gasteiger partial charge in [-0.25, -0.2) is 0 Å². The summed E-state index contributed by atoms with van der Waals surface area (Å²) in [4.78, 5) is 13.1. The molecule has 0 saturated heterocycles. The van der Waals surface area contributed by atoms with E-state index >= 15 is 0 Å². The Morgan fingerprint density at radius 1 is 1.21 bits per heavy atom. The van der Waals surface area contributed by atoms with E-state index in [4.69, 9.17) is 4.74 Å². The first-order valence-electron chi connectivity index (χ1n) is 7.13. The normalized spacial score (nSPS) is 14.8. The van der Waals surface area contributed by atoms with Gasteiger partial charge in [-0.1, -0.05) is 30.3 Å². The lowest BCUT2D eigenvalue weighted by atomic mass is 10.0. The predicted octanol–water partition coefficient (Wildman–Crippen LogP) is -1.17. The van der Waals surface area contributed by atoms with Crippen LogP contribution in [0.15, 0.2) is 35.1 Å². The minimum absolute atomic E-state index is 0.0983. The van der Waals surface area contributed by atoms with Crippen molar-refractivity contribution in [2.24, 2.45) is 7.05 Å². The Morgan fingerprint density at radius 3 is 2.25 bits per heavy atom. The summed E-state index contributed by atoms with van der Waals surface area (Å²) in [7, 11) is 4.53. The fraction of sp³-hybridized carbons (Fsp3) is 0.400. The number of hydrogen-bond donors (Lipinski definition) is 5. The lowest BCUT2D eigenvalue weighted by molar-refractivity contribution is -0.413. The van der Waals surface area contributed by atoms with Crippen molar-refractivity contribution in [1.82, 2.24) is 14.7 Å². The predicted molar refractivity (Wildman–Crippen MR) is 83.9 cm³/mol. The zero-order chi connectivity index (χ0) is 18.1. The molecular weight excluding hydrogens is 318 g/mol. The Balaban J connectivity index is 2.61. The minimum Gasteiger partial charge on any atom is -0.502 e. The molecule has 1 unspecified atom stereocenters. The number of aryl methyl sites for hydroxylation is 1. The van der Waals surface area contributed by atoms with Crippen LogP contribution in [-0.4, -0.2) is 61.7 Å². The molecular formula is C15H21N3O6. The van der Waals surface area contributed by atoms with E-state index in [0.29, 0.717) is 0 Å². The van der Waals surface area contributed by atoms with Crippen LogP contribution in [0.4, 0.5) is 0 Å². The van der Waals surface area contributed by atoms with Crippen LogP contribution >= 0.6 is 0 Å². The molecule has 0 aliphatic heterocycles. The lowest BCUT2D eigenvalue weighted by Gasteiger charge is -2.35. The van der Waals surface area contributed by atoms with Crippen molar-refractivity contribution >= 4 is 0 Å². The second kappa shape index (κ2) is 6.38. The number of aromatic amines is 1. The molecule has 5 N–H and O–H groups in total. The van der Waals surface area contributed by atoms with Crippen molar-refractivity contribution in [3.05, 3.63) is 51.9 Å². The highest BCUT2D eigenvalue weighted by atomic mass is 16.8. The number of hydrogen-bond acceptors (Lipinski definition) is 7. The Morgan fingerprint density at radius 2 is 1.79 bits per heavy atom. The van der Waals surface area contributed by atoms with Gasteiger partial charge in [0.2, 0.25) is 11.5 Å². The third kappa shape index (κ3) is 3.50. The van der Waals surface area contributed by atoms with Gasteiger partial charge >= 0.3 is 5.56 Å². The van der Waals surface area contributed by atoms with E-state index in [0.717, 1.165) is 4.68 Å². The van der Waals surface area contributed by atoms with Gasteiger partial charge in [-0.15, -0.1) is 0 Å². The van der Waals surface area contributed by atoms with Crippen molar-refractivity contribution in [1.29, 1.82) is 0 Å². The summed E-state index contributed by atoms with van der Waals surface area (Å²) < 4.78 is 6.22. The topological polar surface area (TPSA) is 131 Å². The number of nitrogens with one attached hydrogen (secondary N) is 1. The molecule has 1 heterocycles. The van der Waals surface area contributed by atoms with Crippen LogP contribution in [0.2, 0.25) is 0 Å². The van der Waals surface area contributed by atoms with Gasteiger partial charge in [0.05, 0.1) is 6.54 Å². The summed E-state index contributed by atoms with van der Waals surface area (Å²) in [5.41, 5.74) is -1.11. The summed E-state index contributed by atoms with van der Waals surface area (Å²) >= 11 is 0. The lowest BCUT2D eigenvalue weighted by Crippen LogP contribution is -2.50. The van der Waals surface area contributed by atoms with Gasteiger partial charge in [-0.3, -0.25) is 19.3 Å². The number of likely N-dealkylation sites (N-methyl/N-ethyl adjacent to an activating group) is 1. The summed E-state index contributed by atoms with van der Waals surface area (Å²) in [5.74, 6) is -6.03.